The number of amides is 1. The molecule has 152 valence electrons. The van der Waals surface area contributed by atoms with Crippen LogP contribution in [0.1, 0.15) is 63.0 Å². The third kappa shape index (κ3) is 3.45. The van der Waals surface area contributed by atoms with Gasteiger partial charge in [-0.3, -0.25) is 9.69 Å². The Kier molecular flexibility index (Phi) is 5.08. The number of fused-ring (bicyclic) bond motifs is 4. The van der Waals surface area contributed by atoms with Crippen molar-refractivity contribution >= 4 is 5.91 Å². The van der Waals surface area contributed by atoms with Crippen LogP contribution in [0.5, 0.6) is 5.75 Å². The summed E-state index contributed by atoms with van der Waals surface area (Å²) in [5, 5.41) is 0. The zero-order valence-corrected chi connectivity index (χ0v) is 17.2. The lowest BCUT2D eigenvalue weighted by molar-refractivity contribution is -0.140. The van der Waals surface area contributed by atoms with Crippen LogP contribution in [-0.2, 0) is 4.79 Å². The number of likely N-dealkylation sites (tertiary alicyclic amines) is 1. The minimum atomic E-state index is 0.440. The number of nitrogens with zero attached hydrogens (tertiary/aromatic N) is 2. The molecular formula is C24H34N2O2. The lowest BCUT2D eigenvalue weighted by Gasteiger charge is -2.55. The largest absolute Gasteiger partial charge is 0.497 e. The van der Waals surface area contributed by atoms with Crippen LogP contribution >= 0.6 is 0 Å². The van der Waals surface area contributed by atoms with E-state index in [2.05, 4.69) is 34.1 Å². The fraction of sp³-hybridized carbons (Fsp3) is 0.708. The van der Waals surface area contributed by atoms with E-state index in [4.69, 9.17) is 4.74 Å². The van der Waals surface area contributed by atoms with Crippen LogP contribution in [0, 0.1) is 17.8 Å². The molecular weight excluding hydrogens is 348 g/mol. The Balaban J connectivity index is 1.29. The van der Waals surface area contributed by atoms with Gasteiger partial charge in [0.2, 0.25) is 5.91 Å². The lowest BCUT2D eigenvalue weighted by atomic mass is 9.73. The average Bonchev–Trinajstić information content (AvgIpc) is 2.70. The first-order valence-corrected chi connectivity index (χ1v) is 11.4. The number of benzene rings is 1. The minimum absolute atomic E-state index is 0.440. The molecule has 3 aliphatic heterocycles. The van der Waals surface area contributed by atoms with Crippen molar-refractivity contribution in [2.24, 2.45) is 17.8 Å². The van der Waals surface area contributed by atoms with Crippen LogP contribution in [0.25, 0.3) is 0 Å². The van der Waals surface area contributed by atoms with Crippen molar-refractivity contribution in [1.82, 2.24) is 9.80 Å². The summed E-state index contributed by atoms with van der Waals surface area (Å²) in [4.78, 5) is 17.9. The monoisotopic (exact) mass is 382 g/mol. The second-order valence-corrected chi connectivity index (χ2v) is 9.65. The van der Waals surface area contributed by atoms with Gasteiger partial charge in [0.1, 0.15) is 5.75 Å². The van der Waals surface area contributed by atoms with E-state index in [-0.39, 0.29) is 0 Å². The van der Waals surface area contributed by atoms with E-state index in [1.165, 1.54) is 50.5 Å². The van der Waals surface area contributed by atoms with E-state index in [9.17, 15) is 4.79 Å². The minimum Gasteiger partial charge on any atom is -0.497 e. The Morgan fingerprint density at radius 2 is 1.82 bits per heavy atom. The lowest BCUT2D eigenvalue weighted by Crippen LogP contribution is -2.60. The predicted octanol–water partition coefficient (Wildman–Crippen LogP) is 4.26. The highest BCUT2D eigenvalue weighted by atomic mass is 16.5. The maximum Gasteiger partial charge on any atom is 0.222 e. The Bertz CT molecular complexity index is 699. The maximum atomic E-state index is 12.8. The Morgan fingerprint density at radius 3 is 2.54 bits per heavy atom. The highest BCUT2D eigenvalue weighted by molar-refractivity contribution is 5.76. The third-order valence-electron chi connectivity index (χ3n) is 7.93. The van der Waals surface area contributed by atoms with E-state index >= 15 is 0 Å². The second kappa shape index (κ2) is 7.70. The summed E-state index contributed by atoms with van der Waals surface area (Å²) in [5.41, 5.74) is 1.43. The molecule has 4 heteroatoms. The molecule has 1 aliphatic carbocycles. The van der Waals surface area contributed by atoms with Gasteiger partial charge >= 0.3 is 0 Å². The molecule has 0 aromatic heterocycles. The van der Waals surface area contributed by atoms with Crippen LogP contribution in [0.3, 0.4) is 0 Å². The summed E-state index contributed by atoms with van der Waals surface area (Å²) >= 11 is 0. The van der Waals surface area contributed by atoms with E-state index in [0.717, 1.165) is 31.8 Å². The highest BCUT2D eigenvalue weighted by Gasteiger charge is 2.45. The molecule has 4 atom stereocenters. The Labute approximate surface area is 169 Å². The average molecular weight is 383 g/mol. The molecule has 5 rings (SSSR count). The number of carbonyl (C=O) groups is 1. The van der Waals surface area contributed by atoms with Crippen LogP contribution in [0.2, 0.25) is 0 Å². The van der Waals surface area contributed by atoms with E-state index in [0.29, 0.717) is 35.7 Å². The standard InChI is InChI=1S/C24H34N2O2/c1-28-21-10-8-19(9-11-21)22-6-3-7-23-20-12-18(15-26(22)23)14-25(16-20)24(27)13-17-4-2-5-17/h8-11,17-18,20,22-23H,2-7,12-16H2,1H3/t18-,20+,22+,23-/m0/s1. The van der Waals surface area contributed by atoms with E-state index in [1.807, 2.05) is 0 Å². The molecule has 4 fully saturated rings. The normalized spacial score (nSPS) is 33.1. The summed E-state index contributed by atoms with van der Waals surface area (Å²) in [5.74, 6) is 3.38. The van der Waals surface area contributed by atoms with Crippen molar-refractivity contribution in [3.8, 4) is 5.75 Å². The van der Waals surface area contributed by atoms with Crippen molar-refractivity contribution in [2.45, 2.75) is 63.5 Å². The summed E-state index contributed by atoms with van der Waals surface area (Å²) in [6, 6.07) is 9.90. The number of carbonyl (C=O) groups excluding carboxylic acids is 1. The summed E-state index contributed by atoms with van der Waals surface area (Å²) < 4.78 is 5.35. The second-order valence-electron chi connectivity index (χ2n) is 9.65. The quantitative estimate of drug-likeness (QED) is 0.780. The SMILES string of the molecule is COc1ccc([C@H]2CCC[C@H]3[C@@H]4C[C@@H](CN(C(=O)CC5CCC5)C4)CN23)cc1. The number of rotatable bonds is 4. The number of ether oxygens (including phenoxy) is 1. The van der Waals surface area contributed by atoms with Gasteiger partial charge < -0.3 is 9.64 Å². The molecule has 4 nitrogen and oxygen atoms in total. The van der Waals surface area contributed by atoms with Crippen molar-refractivity contribution in [3.05, 3.63) is 29.8 Å². The molecule has 0 radical (unpaired) electrons. The number of piperidine rings is 3. The maximum absolute atomic E-state index is 12.8. The zero-order chi connectivity index (χ0) is 19.1. The van der Waals surface area contributed by atoms with Gasteiger partial charge in [-0.15, -0.1) is 0 Å². The zero-order valence-electron chi connectivity index (χ0n) is 17.2. The molecule has 0 spiro atoms. The molecule has 28 heavy (non-hydrogen) atoms. The number of hydrogen-bond acceptors (Lipinski definition) is 3. The predicted molar refractivity (Wildman–Crippen MR) is 110 cm³/mol. The van der Waals surface area contributed by atoms with Crippen molar-refractivity contribution < 1.29 is 9.53 Å². The smallest absolute Gasteiger partial charge is 0.222 e. The van der Waals surface area contributed by atoms with Crippen LogP contribution < -0.4 is 4.74 Å². The molecule has 1 amide bonds. The number of hydrogen-bond donors (Lipinski definition) is 0. The van der Waals surface area contributed by atoms with Gasteiger partial charge in [-0.25, -0.2) is 0 Å². The van der Waals surface area contributed by atoms with Gasteiger partial charge in [-0.1, -0.05) is 18.6 Å². The Morgan fingerprint density at radius 1 is 1.04 bits per heavy atom. The molecule has 3 heterocycles. The molecule has 0 N–H and O–H groups in total. The Hall–Kier alpha value is -1.55. The van der Waals surface area contributed by atoms with Crippen LogP contribution in [0.15, 0.2) is 24.3 Å². The van der Waals surface area contributed by atoms with Crippen molar-refractivity contribution in [3.63, 3.8) is 0 Å². The van der Waals surface area contributed by atoms with E-state index < -0.39 is 0 Å². The molecule has 1 aromatic carbocycles. The third-order valence-corrected chi connectivity index (χ3v) is 7.93. The molecule has 1 aromatic rings. The van der Waals surface area contributed by atoms with Gasteiger partial charge in [0.05, 0.1) is 7.11 Å². The van der Waals surface area contributed by atoms with Crippen LogP contribution in [-0.4, -0.2) is 48.5 Å². The van der Waals surface area contributed by atoms with Gasteiger partial charge in [-0.05, 0) is 74.0 Å². The molecule has 0 unspecified atom stereocenters. The number of methoxy groups -OCH3 is 1. The first-order chi connectivity index (χ1) is 13.7. The fourth-order valence-electron chi connectivity index (χ4n) is 6.27. The van der Waals surface area contributed by atoms with Gasteiger partial charge in [0.25, 0.3) is 0 Å². The summed E-state index contributed by atoms with van der Waals surface area (Å²) in [6.45, 7) is 3.14. The van der Waals surface area contributed by atoms with Gasteiger partial charge in [0, 0.05) is 38.1 Å². The molecule has 1 saturated carbocycles. The molecule has 3 saturated heterocycles. The van der Waals surface area contributed by atoms with Crippen LogP contribution in [0.4, 0.5) is 0 Å². The highest BCUT2D eigenvalue weighted by Crippen LogP contribution is 2.45. The summed E-state index contributed by atoms with van der Waals surface area (Å²) in [7, 11) is 1.73. The molecule has 4 aliphatic rings. The molecule has 2 bridgehead atoms. The van der Waals surface area contributed by atoms with Crippen molar-refractivity contribution in [2.75, 3.05) is 26.7 Å². The van der Waals surface area contributed by atoms with Gasteiger partial charge in [-0.2, -0.15) is 0 Å². The fourth-order valence-corrected chi connectivity index (χ4v) is 6.27. The van der Waals surface area contributed by atoms with Crippen molar-refractivity contribution in [1.29, 1.82) is 0 Å². The van der Waals surface area contributed by atoms with Gasteiger partial charge in [0.15, 0.2) is 0 Å². The first-order valence-electron chi connectivity index (χ1n) is 11.4. The first kappa shape index (κ1) is 18.5. The van der Waals surface area contributed by atoms with E-state index in [1.54, 1.807) is 7.11 Å². The topological polar surface area (TPSA) is 32.8 Å². The summed E-state index contributed by atoms with van der Waals surface area (Å²) in [6.07, 6.45) is 9.86.